The molecule has 2 aromatic heterocycles. The lowest BCUT2D eigenvalue weighted by atomic mass is 10.0. The largest absolute Gasteiger partial charge is 0.360 e. The number of nitrogens with one attached hydrogen (secondary N) is 1. The van der Waals surface area contributed by atoms with Gasteiger partial charge in [0.15, 0.2) is 5.82 Å². The SMILES string of the molecule is Cc1onc(-c2c(F)cccc2Cl)c1C(=O)NCc1nnc2n1CCC2. The van der Waals surface area contributed by atoms with Gasteiger partial charge in [-0.1, -0.05) is 22.8 Å². The van der Waals surface area contributed by atoms with E-state index in [0.717, 1.165) is 25.2 Å². The average Bonchev–Trinajstić information content (AvgIpc) is 3.29. The molecule has 3 aromatic rings. The first-order valence-corrected chi connectivity index (χ1v) is 8.54. The standard InChI is InChI=1S/C17H15ClFN5O2/c1-9-14(16(23-26-9)15-10(18)4-2-5-11(15)19)17(25)20-8-13-22-21-12-6-3-7-24(12)13/h2,4-5H,3,6-8H2,1H3,(H,20,25). The van der Waals surface area contributed by atoms with Crippen LogP contribution in [0.3, 0.4) is 0 Å². The van der Waals surface area contributed by atoms with Gasteiger partial charge in [0.25, 0.3) is 5.91 Å². The van der Waals surface area contributed by atoms with Crippen molar-refractivity contribution in [2.75, 3.05) is 0 Å². The molecule has 3 heterocycles. The second-order valence-corrected chi connectivity index (χ2v) is 6.44. The molecule has 1 amide bonds. The number of fused-ring (bicyclic) bond motifs is 1. The summed E-state index contributed by atoms with van der Waals surface area (Å²) >= 11 is 6.10. The number of aryl methyl sites for hydroxylation is 2. The Morgan fingerprint density at radius 2 is 2.27 bits per heavy atom. The molecule has 0 fully saturated rings. The van der Waals surface area contributed by atoms with Gasteiger partial charge < -0.3 is 14.4 Å². The van der Waals surface area contributed by atoms with Gasteiger partial charge in [0.1, 0.15) is 28.7 Å². The molecule has 26 heavy (non-hydrogen) atoms. The second-order valence-electron chi connectivity index (χ2n) is 6.03. The van der Waals surface area contributed by atoms with Gasteiger partial charge in [-0.15, -0.1) is 10.2 Å². The van der Waals surface area contributed by atoms with Crippen LogP contribution in [0.5, 0.6) is 0 Å². The lowest BCUT2D eigenvalue weighted by molar-refractivity contribution is 0.0948. The first kappa shape index (κ1) is 16.7. The predicted molar refractivity (Wildman–Crippen MR) is 91.2 cm³/mol. The Hall–Kier alpha value is -2.74. The van der Waals surface area contributed by atoms with Crippen LogP contribution in [0, 0.1) is 12.7 Å². The number of hydrogen-bond donors (Lipinski definition) is 1. The van der Waals surface area contributed by atoms with Crippen LogP contribution in [0.2, 0.25) is 5.02 Å². The molecule has 1 aliphatic heterocycles. The van der Waals surface area contributed by atoms with Gasteiger partial charge >= 0.3 is 0 Å². The number of benzene rings is 1. The molecule has 0 saturated heterocycles. The Kier molecular flexibility index (Phi) is 4.20. The maximum Gasteiger partial charge on any atom is 0.257 e. The number of amides is 1. The molecule has 1 N–H and O–H groups in total. The van der Waals surface area contributed by atoms with Crippen molar-refractivity contribution in [2.45, 2.75) is 32.9 Å². The topological polar surface area (TPSA) is 85.8 Å². The van der Waals surface area contributed by atoms with Gasteiger partial charge in [-0.05, 0) is 25.5 Å². The number of carbonyl (C=O) groups excluding carboxylic acids is 1. The fourth-order valence-electron chi connectivity index (χ4n) is 3.12. The number of hydrogen-bond acceptors (Lipinski definition) is 5. The molecule has 0 saturated carbocycles. The number of rotatable bonds is 4. The Bertz CT molecular complexity index is 977. The van der Waals surface area contributed by atoms with Crippen LogP contribution >= 0.6 is 11.6 Å². The highest BCUT2D eigenvalue weighted by molar-refractivity contribution is 6.33. The minimum absolute atomic E-state index is 0.0412. The average molecular weight is 376 g/mol. The highest BCUT2D eigenvalue weighted by atomic mass is 35.5. The van der Waals surface area contributed by atoms with E-state index in [0.29, 0.717) is 5.82 Å². The minimum Gasteiger partial charge on any atom is -0.360 e. The summed E-state index contributed by atoms with van der Waals surface area (Å²) in [5.41, 5.74) is 0.271. The van der Waals surface area contributed by atoms with Crippen LogP contribution < -0.4 is 5.32 Å². The van der Waals surface area contributed by atoms with E-state index in [1.54, 1.807) is 6.92 Å². The summed E-state index contributed by atoms with van der Waals surface area (Å²) in [6.45, 7) is 2.64. The third kappa shape index (κ3) is 2.76. The van der Waals surface area contributed by atoms with Gasteiger partial charge in [0.05, 0.1) is 17.1 Å². The van der Waals surface area contributed by atoms with Crippen LogP contribution in [0.15, 0.2) is 22.7 Å². The van der Waals surface area contributed by atoms with Gasteiger partial charge in [0.2, 0.25) is 0 Å². The molecular formula is C17H15ClFN5O2. The molecule has 4 rings (SSSR count). The minimum atomic E-state index is -0.574. The molecule has 0 spiro atoms. The van der Waals surface area contributed by atoms with Crippen LogP contribution in [0.1, 0.15) is 34.2 Å². The van der Waals surface area contributed by atoms with E-state index in [2.05, 4.69) is 20.7 Å². The first-order chi connectivity index (χ1) is 12.6. The quantitative estimate of drug-likeness (QED) is 0.757. The third-order valence-corrected chi connectivity index (χ3v) is 4.70. The maximum absolute atomic E-state index is 14.2. The second kappa shape index (κ2) is 6.53. The van der Waals surface area contributed by atoms with Gasteiger partial charge in [-0.2, -0.15) is 0 Å². The molecule has 1 aromatic carbocycles. The summed E-state index contributed by atoms with van der Waals surface area (Å²) in [6.07, 6.45) is 1.91. The van der Waals surface area contributed by atoms with E-state index < -0.39 is 11.7 Å². The molecule has 7 nitrogen and oxygen atoms in total. The fourth-order valence-corrected chi connectivity index (χ4v) is 3.38. The van der Waals surface area contributed by atoms with Crippen molar-refractivity contribution in [3.63, 3.8) is 0 Å². The molecule has 0 bridgehead atoms. The summed E-state index contributed by atoms with van der Waals surface area (Å²) in [4.78, 5) is 12.7. The predicted octanol–water partition coefficient (Wildman–Crippen LogP) is 2.91. The summed E-state index contributed by atoms with van der Waals surface area (Å²) < 4.78 is 21.3. The summed E-state index contributed by atoms with van der Waals surface area (Å²) in [7, 11) is 0. The van der Waals surface area contributed by atoms with Crippen LogP contribution in [0.25, 0.3) is 11.3 Å². The van der Waals surface area contributed by atoms with Gasteiger partial charge in [-0.25, -0.2) is 4.39 Å². The Balaban J connectivity index is 1.61. The molecule has 134 valence electrons. The number of nitrogens with zero attached hydrogens (tertiary/aromatic N) is 4. The Morgan fingerprint density at radius 3 is 3.08 bits per heavy atom. The Labute approximate surface area is 153 Å². The number of carbonyl (C=O) groups is 1. The van der Waals surface area contributed by atoms with Crippen LogP contribution in [0.4, 0.5) is 4.39 Å². The number of halogens is 2. The smallest absolute Gasteiger partial charge is 0.257 e. The van der Waals surface area contributed by atoms with Gasteiger partial charge in [0, 0.05) is 13.0 Å². The van der Waals surface area contributed by atoms with Crippen molar-refractivity contribution in [2.24, 2.45) is 0 Å². The number of aromatic nitrogens is 4. The Morgan fingerprint density at radius 1 is 1.42 bits per heavy atom. The third-order valence-electron chi connectivity index (χ3n) is 4.38. The zero-order valence-electron chi connectivity index (χ0n) is 13.9. The monoisotopic (exact) mass is 375 g/mol. The van der Waals surface area contributed by atoms with E-state index in [9.17, 15) is 9.18 Å². The van der Waals surface area contributed by atoms with Crippen molar-refractivity contribution >= 4 is 17.5 Å². The molecule has 0 radical (unpaired) electrons. The summed E-state index contributed by atoms with van der Waals surface area (Å²) in [5.74, 6) is 0.881. The van der Waals surface area contributed by atoms with E-state index in [1.807, 2.05) is 4.57 Å². The van der Waals surface area contributed by atoms with Crippen molar-refractivity contribution in [3.8, 4) is 11.3 Å². The normalized spacial score (nSPS) is 13.0. The van der Waals surface area contributed by atoms with Crippen molar-refractivity contribution in [1.29, 1.82) is 0 Å². The molecule has 9 heteroatoms. The molecule has 1 aliphatic rings. The van der Waals surface area contributed by atoms with Gasteiger partial charge in [-0.3, -0.25) is 4.79 Å². The summed E-state index contributed by atoms with van der Waals surface area (Å²) in [5, 5.41) is 15.0. The summed E-state index contributed by atoms with van der Waals surface area (Å²) in [6, 6.07) is 4.28. The van der Waals surface area contributed by atoms with Crippen LogP contribution in [-0.2, 0) is 19.5 Å². The molecular weight excluding hydrogens is 361 g/mol. The highest BCUT2D eigenvalue weighted by Gasteiger charge is 2.26. The zero-order valence-corrected chi connectivity index (χ0v) is 14.7. The maximum atomic E-state index is 14.2. The fraction of sp³-hybridized carbons (Fsp3) is 0.294. The van der Waals surface area contributed by atoms with E-state index in [-0.39, 0.29) is 34.1 Å². The first-order valence-electron chi connectivity index (χ1n) is 8.16. The highest BCUT2D eigenvalue weighted by Crippen LogP contribution is 2.33. The van der Waals surface area contributed by atoms with E-state index in [4.69, 9.17) is 16.1 Å². The molecule has 0 unspecified atom stereocenters. The lowest BCUT2D eigenvalue weighted by Gasteiger charge is -2.07. The van der Waals surface area contributed by atoms with Crippen molar-refractivity contribution in [3.05, 3.63) is 52.0 Å². The van der Waals surface area contributed by atoms with Crippen molar-refractivity contribution in [1.82, 2.24) is 25.2 Å². The molecule has 0 atom stereocenters. The van der Waals surface area contributed by atoms with Crippen LogP contribution in [-0.4, -0.2) is 25.8 Å². The van der Waals surface area contributed by atoms with E-state index >= 15 is 0 Å². The molecule has 0 aliphatic carbocycles. The zero-order chi connectivity index (χ0) is 18.3. The lowest BCUT2D eigenvalue weighted by Crippen LogP contribution is -2.25. The van der Waals surface area contributed by atoms with Crippen molar-refractivity contribution < 1.29 is 13.7 Å². The van der Waals surface area contributed by atoms with E-state index in [1.165, 1.54) is 18.2 Å².